The maximum atomic E-state index is 12.7. The fourth-order valence-electron chi connectivity index (χ4n) is 3.20. The number of hydrogen-bond donors (Lipinski definition) is 0. The molecule has 0 N–H and O–H groups in total. The van der Waals surface area contributed by atoms with Crippen molar-refractivity contribution in [1.82, 2.24) is 5.01 Å². The molecule has 0 spiro atoms. The van der Waals surface area contributed by atoms with E-state index < -0.39 is 5.97 Å². The summed E-state index contributed by atoms with van der Waals surface area (Å²) in [6.45, 7) is 0. The molecule has 0 unspecified atom stereocenters. The summed E-state index contributed by atoms with van der Waals surface area (Å²) in [7, 11) is 3.10. The highest BCUT2D eigenvalue weighted by Crippen LogP contribution is 2.37. The van der Waals surface area contributed by atoms with Gasteiger partial charge in [-0.25, -0.2) is 5.01 Å². The van der Waals surface area contributed by atoms with Crippen LogP contribution >= 0.6 is 15.9 Å². The number of carboxylic acid groups (broad SMARTS) is 1. The van der Waals surface area contributed by atoms with E-state index in [1.165, 1.54) is 5.01 Å². The zero-order valence-corrected chi connectivity index (χ0v) is 17.6. The molecule has 3 rings (SSSR count). The number of amides is 1. The zero-order valence-electron chi connectivity index (χ0n) is 16.1. The average Bonchev–Trinajstić information content (AvgIpc) is 3.17. The van der Waals surface area contributed by atoms with Crippen LogP contribution in [0.4, 0.5) is 0 Å². The summed E-state index contributed by atoms with van der Waals surface area (Å²) >= 11 is 3.41. The van der Waals surface area contributed by atoms with Gasteiger partial charge in [0.2, 0.25) is 5.91 Å². The molecule has 0 radical (unpaired) electrons. The van der Waals surface area contributed by atoms with Crippen LogP contribution in [0.5, 0.6) is 11.5 Å². The normalized spacial score (nSPS) is 15.8. The molecular weight excluding hydrogens is 440 g/mol. The van der Waals surface area contributed by atoms with Crippen LogP contribution in [0.1, 0.15) is 36.4 Å². The Balaban J connectivity index is 1.94. The standard InChI is InChI=1S/C21H21BrN2O5/c1-28-18-8-5-14(11-19(18)29-2)17-12-16(13-3-6-15(22)7-4-13)23-24(17)20(25)9-10-21(26)27/h3-8,11,17H,9-10,12H2,1-2H3,(H,26,27)/p-1/t17-/m0/s1. The number of carbonyl (C=O) groups excluding carboxylic acids is 2. The third-order valence-electron chi connectivity index (χ3n) is 4.68. The third-order valence-corrected chi connectivity index (χ3v) is 5.21. The van der Waals surface area contributed by atoms with Crippen LogP contribution in [-0.2, 0) is 9.59 Å². The zero-order chi connectivity index (χ0) is 21.0. The van der Waals surface area contributed by atoms with Crippen LogP contribution in [0.15, 0.2) is 52.0 Å². The first-order valence-electron chi connectivity index (χ1n) is 9.00. The van der Waals surface area contributed by atoms with Crippen molar-refractivity contribution in [1.29, 1.82) is 0 Å². The molecule has 29 heavy (non-hydrogen) atoms. The second kappa shape index (κ2) is 9.09. The lowest BCUT2D eigenvalue weighted by Crippen LogP contribution is -2.29. The first-order valence-corrected chi connectivity index (χ1v) is 9.79. The van der Waals surface area contributed by atoms with Crippen molar-refractivity contribution < 1.29 is 24.2 Å². The van der Waals surface area contributed by atoms with E-state index in [-0.39, 0.29) is 24.8 Å². The minimum absolute atomic E-state index is 0.177. The Morgan fingerprint density at radius 2 is 1.79 bits per heavy atom. The number of hydrogen-bond acceptors (Lipinski definition) is 6. The molecule has 7 nitrogen and oxygen atoms in total. The Morgan fingerprint density at radius 1 is 1.10 bits per heavy atom. The number of aliphatic carboxylic acids is 1. The number of methoxy groups -OCH3 is 2. The van der Waals surface area contributed by atoms with E-state index in [9.17, 15) is 14.7 Å². The summed E-state index contributed by atoms with van der Waals surface area (Å²) in [4.78, 5) is 23.5. The van der Waals surface area contributed by atoms with Crippen LogP contribution in [0, 0.1) is 0 Å². The highest BCUT2D eigenvalue weighted by Gasteiger charge is 2.33. The summed E-state index contributed by atoms with van der Waals surface area (Å²) in [6.07, 6.45) is -0.0332. The van der Waals surface area contributed by atoms with Crippen molar-refractivity contribution in [2.75, 3.05) is 14.2 Å². The average molecular weight is 460 g/mol. The van der Waals surface area contributed by atoms with Gasteiger partial charge in [-0.1, -0.05) is 34.1 Å². The SMILES string of the molecule is COc1ccc([C@@H]2CC(c3ccc(Br)cc3)=NN2C(=O)CCC(=O)[O-])cc1OC. The van der Waals surface area contributed by atoms with E-state index in [1.54, 1.807) is 20.3 Å². The van der Waals surface area contributed by atoms with Crippen molar-refractivity contribution in [3.05, 3.63) is 58.1 Å². The molecule has 8 heteroatoms. The maximum Gasteiger partial charge on any atom is 0.243 e. The second-order valence-corrected chi connectivity index (χ2v) is 7.41. The van der Waals surface area contributed by atoms with Crippen LogP contribution in [-0.4, -0.2) is 36.8 Å². The lowest BCUT2D eigenvalue weighted by atomic mass is 9.98. The first-order chi connectivity index (χ1) is 13.9. The minimum atomic E-state index is -1.27. The Bertz CT molecular complexity index is 943. The first kappa shape index (κ1) is 20.9. The van der Waals surface area contributed by atoms with Crippen molar-refractivity contribution >= 4 is 33.5 Å². The van der Waals surface area contributed by atoms with Gasteiger partial charge >= 0.3 is 0 Å². The van der Waals surface area contributed by atoms with Crippen LogP contribution < -0.4 is 14.6 Å². The number of ether oxygens (including phenoxy) is 2. The number of carboxylic acids is 1. The molecule has 1 aliphatic heterocycles. The van der Waals surface area contributed by atoms with Gasteiger partial charge in [-0.15, -0.1) is 0 Å². The number of rotatable bonds is 7. The maximum absolute atomic E-state index is 12.7. The molecule has 1 aliphatic rings. The molecule has 1 heterocycles. The molecular formula is C21H20BrN2O5-. The van der Waals surface area contributed by atoms with Gasteiger partial charge in [0.05, 0.1) is 26.0 Å². The fourth-order valence-corrected chi connectivity index (χ4v) is 3.46. The van der Waals surface area contributed by atoms with Crippen molar-refractivity contribution in [3.8, 4) is 11.5 Å². The Hall–Kier alpha value is -2.87. The van der Waals surface area contributed by atoms with E-state index in [0.29, 0.717) is 17.9 Å². The van der Waals surface area contributed by atoms with Gasteiger partial charge < -0.3 is 19.4 Å². The van der Waals surface area contributed by atoms with Gasteiger partial charge in [-0.05, 0) is 41.8 Å². The van der Waals surface area contributed by atoms with Crippen molar-refractivity contribution in [2.24, 2.45) is 5.10 Å². The van der Waals surface area contributed by atoms with E-state index in [1.807, 2.05) is 36.4 Å². The van der Waals surface area contributed by atoms with Crippen molar-refractivity contribution in [2.45, 2.75) is 25.3 Å². The molecule has 1 atom stereocenters. The molecule has 0 bridgehead atoms. The van der Waals surface area contributed by atoms with E-state index in [2.05, 4.69) is 21.0 Å². The van der Waals surface area contributed by atoms with Crippen LogP contribution in [0.2, 0.25) is 0 Å². The van der Waals surface area contributed by atoms with E-state index >= 15 is 0 Å². The molecule has 0 fully saturated rings. The molecule has 2 aromatic rings. The largest absolute Gasteiger partial charge is 0.550 e. The number of halogens is 1. The van der Waals surface area contributed by atoms with Gasteiger partial charge in [-0.3, -0.25) is 4.79 Å². The number of carbonyl (C=O) groups is 2. The summed E-state index contributed by atoms with van der Waals surface area (Å²) in [6, 6.07) is 12.7. The molecule has 152 valence electrons. The van der Waals surface area contributed by atoms with Gasteiger partial charge in [0, 0.05) is 23.3 Å². The third kappa shape index (κ3) is 4.76. The lowest BCUT2D eigenvalue weighted by Gasteiger charge is -2.23. The Labute approximate surface area is 177 Å². The molecule has 0 aromatic heterocycles. The molecule has 1 amide bonds. The van der Waals surface area contributed by atoms with Gasteiger partial charge in [-0.2, -0.15) is 5.10 Å². The highest BCUT2D eigenvalue weighted by molar-refractivity contribution is 9.10. The number of hydrazone groups is 1. The van der Waals surface area contributed by atoms with Gasteiger partial charge in [0.25, 0.3) is 0 Å². The molecule has 2 aromatic carbocycles. The van der Waals surface area contributed by atoms with E-state index in [0.717, 1.165) is 21.3 Å². The summed E-state index contributed by atoms with van der Waals surface area (Å²) in [5.74, 6) is -0.513. The topological polar surface area (TPSA) is 91.3 Å². The summed E-state index contributed by atoms with van der Waals surface area (Å²) in [5, 5.41) is 16.7. The minimum Gasteiger partial charge on any atom is -0.550 e. The Morgan fingerprint density at radius 3 is 2.41 bits per heavy atom. The quantitative estimate of drug-likeness (QED) is 0.634. The number of nitrogens with zero attached hydrogens (tertiary/aromatic N) is 2. The monoisotopic (exact) mass is 459 g/mol. The van der Waals surface area contributed by atoms with Crippen LogP contribution in [0.3, 0.4) is 0 Å². The van der Waals surface area contributed by atoms with E-state index in [4.69, 9.17) is 9.47 Å². The fraction of sp³-hybridized carbons (Fsp3) is 0.286. The Kier molecular flexibility index (Phi) is 6.53. The second-order valence-electron chi connectivity index (χ2n) is 6.50. The van der Waals surface area contributed by atoms with Gasteiger partial charge in [0.15, 0.2) is 11.5 Å². The molecule has 0 saturated carbocycles. The van der Waals surface area contributed by atoms with Gasteiger partial charge in [0.1, 0.15) is 0 Å². The van der Waals surface area contributed by atoms with Crippen molar-refractivity contribution in [3.63, 3.8) is 0 Å². The molecule has 0 saturated heterocycles. The summed E-state index contributed by atoms with van der Waals surface area (Å²) < 4.78 is 11.6. The summed E-state index contributed by atoms with van der Waals surface area (Å²) in [5.41, 5.74) is 2.47. The predicted octanol–water partition coefficient (Wildman–Crippen LogP) is 2.67. The molecule has 0 aliphatic carbocycles. The van der Waals surface area contributed by atoms with Crippen LogP contribution in [0.25, 0.3) is 0 Å². The number of benzene rings is 2. The smallest absolute Gasteiger partial charge is 0.243 e. The lowest BCUT2D eigenvalue weighted by molar-refractivity contribution is -0.305. The highest BCUT2D eigenvalue weighted by atomic mass is 79.9. The predicted molar refractivity (Wildman–Crippen MR) is 109 cm³/mol.